The molecule has 0 aromatic carbocycles. The van der Waals surface area contributed by atoms with Crippen molar-refractivity contribution in [2.75, 3.05) is 32.1 Å². The monoisotopic (exact) mass is 258 g/mol. The lowest BCUT2D eigenvalue weighted by Gasteiger charge is -2.15. The number of aromatic nitrogens is 2. The lowest BCUT2D eigenvalue weighted by Crippen LogP contribution is -2.12. The summed E-state index contributed by atoms with van der Waals surface area (Å²) in [5.41, 5.74) is 2.46. The first-order valence-corrected chi connectivity index (χ1v) is 6.56. The van der Waals surface area contributed by atoms with Crippen LogP contribution < -0.4 is 10.2 Å². The molecule has 2 aromatic rings. The number of carbonyl (C=O) groups excluding carboxylic acids is 1. The zero-order chi connectivity index (χ0) is 13.4. The molecule has 1 aliphatic heterocycles. The highest BCUT2D eigenvalue weighted by Crippen LogP contribution is 2.28. The Labute approximate surface area is 112 Å². The van der Waals surface area contributed by atoms with Gasteiger partial charge in [-0.05, 0) is 25.1 Å². The van der Waals surface area contributed by atoms with Gasteiger partial charge in [0.05, 0.1) is 11.2 Å². The Kier molecular flexibility index (Phi) is 2.98. The van der Waals surface area contributed by atoms with Gasteiger partial charge in [-0.1, -0.05) is 0 Å². The number of anilines is 1. The van der Waals surface area contributed by atoms with E-state index in [1.165, 1.54) is 0 Å². The van der Waals surface area contributed by atoms with Crippen molar-refractivity contribution in [1.29, 1.82) is 0 Å². The number of imidazole rings is 1. The van der Waals surface area contributed by atoms with Gasteiger partial charge in [-0.3, -0.25) is 4.79 Å². The average Bonchev–Trinajstić information content (AvgIpc) is 3.04. The van der Waals surface area contributed by atoms with Crippen LogP contribution in [-0.2, 0) is 0 Å². The van der Waals surface area contributed by atoms with Gasteiger partial charge in [0.25, 0.3) is 0 Å². The molecule has 100 valence electrons. The zero-order valence-corrected chi connectivity index (χ0v) is 11.3. The number of rotatable bonds is 3. The maximum Gasteiger partial charge on any atom is 0.170 e. The normalized spacial score (nSPS) is 18.9. The van der Waals surface area contributed by atoms with Crippen LogP contribution >= 0.6 is 0 Å². The number of fused-ring (bicyclic) bond motifs is 1. The van der Waals surface area contributed by atoms with E-state index in [1.807, 2.05) is 37.3 Å². The molecule has 2 aromatic heterocycles. The zero-order valence-electron chi connectivity index (χ0n) is 11.3. The van der Waals surface area contributed by atoms with Gasteiger partial charge in [0, 0.05) is 32.8 Å². The highest BCUT2D eigenvalue weighted by Gasteiger charge is 2.24. The Bertz CT molecular complexity index is 611. The smallest absolute Gasteiger partial charge is 0.170 e. The van der Waals surface area contributed by atoms with Crippen LogP contribution in [-0.4, -0.2) is 42.9 Å². The number of hydrogen-bond acceptors (Lipinski definition) is 4. The van der Waals surface area contributed by atoms with E-state index >= 15 is 0 Å². The Balaban J connectivity index is 2.25. The molecule has 1 atom stereocenters. The topological polar surface area (TPSA) is 49.6 Å². The third kappa shape index (κ3) is 1.90. The number of carbonyl (C=O) groups is 1. The van der Waals surface area contributed by atoms with E-state index < -0.39 is 0 Å². The minimum Gasteiger partial charge on any atom is -0.376 e. The van der Waals surface area contributed by atoms with Crippen LogP contribution in [0.4, 0.5) is 5.69 Å². The summed E-state index contributed by atoms with van der Waals surface area (Å²) in [6.07, 6.45) is 3.92. The average molecular weight is 258 g/mol. The second-order valence-electron chi connectivity index (χ2n) is 5.17. The summed E-state index contributed by atoms with van der Waals surface area (Å²) in [6.45, 7) is 1.95. The van der Waals surface area contributed by atoms with Gasteiger partial charge in [0.1, 0.15) is 11.5 Å². The first-order chi connectivity index (χ1) is 9.22. The van der Waals surface area contributed by atoms with Gasteiger partial charge in [-0.15, -0.1) is 0 Å². The molecule has 0 radical (unpaired) electrons. The number of hydrogen-bond donors (Lipinski definition) is 1. The van der Waals surface area contributed by atoms with Crippen molar-refractivity contribution >= 4 is 17.5 Å². The molecule has 1 saturated heterocycles. The van der Waals surface area contributed by atoms with Crippen molar-refractivity contribution < 1.29 is 4.79 Å². The van der Waals surface area contributed by atoms with E-state index in [0.29, 0.717) is 11.6 Å². The molecule has 5 heteroatoms. The maximum atomic E-state index is 11.3. The van der Waals surface area contributed by atoms with E-state index in [-0.39, 0.29) is 0 Å². The Hall–Kier alpha value is -1.88. The largest absolute Gasteiger partial charge is 0.376 e. The second kappa shape index (κ2) is 4.66. The molecule has 1 unspecified atom stereocenters. The van der Waals surface area contributed by atoms with Gasteiger partial charge < -0.3 is 14.6 Å². The molecular formula is C14H18N4O. The molecule has 1 fully saturated rings. The van der Waals surface area contributed by atoms with Gasteiger partial charge in [0.2, 0.25) is 0 Å². The highest BCUT2D eigenvalue weighted by atomic mass is 16.1. The molecule has 0 bridgehead atoms. The first kappa shape index (κ1) is 12.2. The molecule has 1 aliphatic rings. The molecular weight excluding hydrogens is 240 g/mol. The van der Waals surface area contributed by atoms with Crippen molar-refractivity contribution in [1.82, 2.24) is 14.7 Å². The predicted molar refractivity (Wildman–Crippen MR) is 75.1 cm³/mol. The molecule has 5 nitrogen and oxygen atoms in total. The van der Waals surface area contributed by atoms with Crippen LogP contribution in [0.5, 0.6) is 0 Å². The fourth-order valence-corrected chi connectivity index (χ4v) is 2.78. The molecule has 0 spiro atoms. The Morgan fingerprint density at radius 2 is 2.37 bits per heavy atom. The molecule has 0 saturated carbocycles. The van der Waals surface area contributed by atoms with Gasteiger partial charge in [0.15, 0.2) is 6.29 Å². The summed E-state index contributed by atoms with van der Waals surface area (Å²) in [4.78, 5) is 17.9. The van der Waals surface area contributed by atoms with Gasteiger partial charge in [-0.2, -0.15) is 0 Å². The Morgan fingerprint density at radius 1 is 1.53 bits per heavy atom. The van der Waals surface area contributed by atoms with Crippen molar-refractivity contribution in [3.63, 3.8) is 0 Å². The summed E-state index contributed by atoms with van der Waals surface area (Å²) in [7, 11) is 3.96. The third-order valence-corrected chi connectivity index (χ3v) is 3.72. The predicted octanol–water partition coefficient (Wildman–Crippen LogP) is 1.29. The fraction of sp³-hybridized carbons (Fsp3) is 0.429. The Morgan fingerprint density at radius 3 is 3.00 bits per heavy atom. The second-order valence-corrected chi connectivity index (χ2v) is 5.17. The van der Waals surface area contributed by atoms with E-state index in [9.17, 15) is 4.79 Å². The van der Waals surface area contributed by atoms with Crippen LogP contribution in [0.3, 0.4) is 0 Å². The number of nitrogens with zero attached hydrogens (tertiary/aromatic N) is 3. The quantitative estimate of drug-likeness (QED) is 0.843. The fourth-order valence-electron chi connectivity index (χ4n) is 2.78. The molecule has 3 heterocycles. The van der Waals surface area contributed by atoms with Crippen molar-refractivity contribution in [3.05, 3.63) is 29.8 Å². The number of aldehydes is 1. The van der Waals surface area contributed by atoms with Crippen LogP contribution in [0.15, 0.2) is 18.3 Å². The summed E-state index contributed by atoms with van der Waals surface area (Å²) < 4.78 is 2.07. The molecule has 1 N–H and O–H groups in total. The van der Waals surface area contributed by atoms with Crippen LogP contribution in [0.1, 0.15) is 28.7 Å². The number of pyridine rings is 1. The van der Waals surface area contributed by atoms with Crippen LogP contribution in [0, 0.1) is 0 Å². The van der Waals surface area contributed by atoms with Crippen molar-refractivity contribution in [2.45, 2.75) is 12.3 Å². The van der Waals surface area contributed by atoms with E-state index in [2.05, 4.69) is 14.7 Å². The lowest BCUT2D eigenvalue weighted by atomic mass is 10.1. The van der Waals surface area contributed by atoms with Crippen LogP contribution in [0.2, 0.25) is 0 Å². The third-order valence-electron chi connectivity index (χ3n) is 3.72. The van der Waals surface area contributed by atoms with Crippen LogP contribution in [0.25, 0.3) is 5.52 Å². The lowest BCUT2D eigenvalue weighted by molar-refractivity contribution is 0.112. The molecule has 0 aliphatic carbocycles. The van der Waals surface area contributed by atoms with E-state index in [0.717, 1.165) is 42.8 Å². The molecule has 0 amide bonds. The molecule has 3 rings (SSSR count). The maximum absolute atomic E-state index is 11.3. The van der Waals surface area contributed by atoms with Gasteiger partial charge >= 0.3 is 0 Å². The van der Waals surface area contributed by atoms with Crippen molar-refractivity contribution in [3.8, 4) is 0 Å². The van der Waals surface area contributed by atoms with Gasteiger partial charge in [-0.25, -0.2) is 4.98 Å². The molecule has 19 heavy (non-hydrogen) atoms. The SMILES string of the molecule is CN(C)c1cccn2c(C3CCNC3)nc(C=O)c12. The summed E-state index contributed by atoms with van der Waals surface area (Å²) in [5.74, 6) is 1.38. The highest BCUT2D eigenvalue weighted by molar-refractivity contribution is 5.91. The summed E-state index contributed by atoms with van der Waals surface area (Å²) in [6, 6.07) is 4.02. The van der Waals surface area contributed by atoms with E-state index in [4.69, 9.17) is 0 Å². The summed E-state index contributed by atoms with van der Waals surface area (Å²) in [5, 5.41) is 3.35. The standard InChI is InChI=1S/C14H18N4O/c1-17(2)12-4-3-7-18-13(12)11(9-19)16-14(18)10-5-6-15-8-10/h3-4,7,9-10,15H,5-6,8H2,1-2H3. The van der Waals surface area contributed by atoms with E-state index in [1.54, 1.807) is 0 Å². The van der Waals surface area contributed by atoms with Crippen molar-refractivity contribution in [2.24, 2.45) is 0 Å². The number of nitrogens with one attached hydrogen (secondary N) is 1. The first-order valence-electron chi connectivity index (χ1n) is 6.56. The minimum atomic E-state index is 0.388. The minimum absolute atomic E-state index is 0.388. The summed E-state index contributed by atoms with van der Waals surface area (Å²) >= 11 is 0.